The van der Waals surface area contributed by atoms with Gasteiger partial charge in [-0.3, -0.25) is 9.97 Å². The third-order valence-corrected chi connectivity index (χ3v) is 2.81. The van der Waals surface area contributed by atoms with Gasteiger partial charge in [0, 0.05) is 17.6 Å². The Labute approximate surface area is 109 Å². The van der Waals surface area contributed by atoms with Crippen LogP contribution >= 0.6 is 11.6 Å². The molecule has 1 N–H and O–H groups in total. The first-order valence-electron chi connectivity index (χ1n) is 5.47. The number of aliphatic hydroxyl groups is 1. The maximum atomic E-state index is 13.6. The fraction of sp³-hybridized carbons (Fsp3) is 0.231. The number of aryl methyl sites for hydroxylation is 1. The van der Waals surface area contributed by atoms with Crippen LogP contribution in [0.5, 0.6) is 0 Å². The van der Waals surface area contributed by atoms with Crippen molar-refractivity contribution in [2.75, 3.05) is 0 Å². The summed E-state index contributed by atoms with van der Waals surface area (Å²) in [6.45, 7) is 1.81. The highest BCUT2D eigenvalue weighted by Crippen LogP contribution is 2.20. The van der Waals surface area contributed by atoms with Crippen LogP contribution in [0.2, 0.25) is 5.02 Å². The van der Waals surface area contributed by atoms with E-state index in [0.29, 0.717) is 16.3 Å². The lowest BCUT2D eigenvalue weighted by atomic mass is 10.1. The number of halogens is 2. The van der Waals surface area contributed by atoms with E-state index in [0.717, 1.165) is 5.69 Å². The van der Waals surface area contributed by atoms with Crippen LogP contribution in [0.25, 0.3) is 0 Å². The summed E-state index contributed by atoms with van der Waals surface area (Å²) in [6, 6.07) is 4.38. The van der Waals surface area contributed by atoms with Gasteiger partial charge in [-0.15, -0.1) is 0 Å². The molecule has 1 atom stereocenters. The number of aromatic nitrogens is 2. The molecule has 0 amide bonds. The van der Waals surface area contributed by atoms with Gasteiger partial charge in [0.25, 0.3) is 0 Å². The molecule has 94 valence electrons. The number of hydrogen-bond acceptors (Lipinski definition) is 3. The van der Waals surface area contributed by atoms with Gasteiger partial charge in [-0.05, 0) is 24.6 Å². The Balaban J connectivity index is 2.15. The van der Waals surface area contributed by atoms with E-state index < -0.39 is 11.9 Å². The first kappa shape index (κ1) is 12.9. The van der Waals surface area contributed by atoms with Crippen LogP contribution in [0.1, 0.15) is 23.1 Å². The molecule has 0 saturated heterocycles. The molecule has 1 heterocycles. The molecule has 0 aliphatic carbocycles. The molecule has 5 heteroatoms. The van der Waals surface area contributed by atoms with Crippen LogP contribution in [0.4, 0.5) is 4.39 Å². The molecule has 0 aliphatic heterocycles. The Morgan fingerprint density at radius 3 is 2.72 bits per heavy atom. The van der Waals surface area contributed by atoms with Crippen LogP contribution in [0.3, 0.4) is 0 Å². The third-order valence-electron chi connectivity index (χ3n) is 2.57. The first-order valence-corrected chi connectivity index (χ1v) is 5.84. The molecule has 2 rings (SSSR count). The Bertz CT molecular complexity index is 545. The van der Waals surface area contributed by atoms with Gasteiger partial charge in [0.05, 0.1) is 17.6 Å². The zero-order valence-electron chi connectivity index (χ0n) is 9.77. The molecule has 3 nitrogen and oxygen atoms in total. The molecule has 2 aromatic rings. The van der Waals surface area contributed by atoms with E-state index in [1.807, 2.05) is 6.92 Å². The summed E-state index contributed by atoms with van der Waals surface area (Å²) in [5.74, 6) is -0.429. The van der Waals surface area contributed by atoms with Gasteiger partial charge < -0.3 is 5.11 Å². The van der Waals surface area contributed by atoms with Crippen molar-refractivity contribution in [1.29, 1.82) is 0 Å². The van der Waals surface area contributed by atoms with Gasteiger partial charge in [-0.2, -0.15) is 0 Å². The highest BCUT2D eigenvalue weighted by atomic mass is 35.5. The zero-order chi connectivity index (χ0) is 13.1. The summed E-state index contributed by atoms with van der Waals surface area (Å²) in [5, 5.41) is 10.3. The van der Waals surface area contributed by atoms with Crippen LogP contribution in [0.15, 0.2) is 30.6 Å². The summed E-state index contributed by atoms with van der Waals surface area (Å²) < 4.78 is 13.6. The minimum absolute atomic E-state index is 0.140. The number of benzene rings is 1. The molecule has 1 aromatic carbocycles. The molecular formula is C13H12ClFN2O. The average Bonchev–Trinajstić information content (AvgIpc) is 2.33. The molecule has 0 bridgehead atoms. The number of nitrogens with zero attached hydrogens (tertiary/aromatic N) is 2. The molecule has 0 spiro atoms. The Kier molecular flexibility index (Phi) is 3.89. The number of aliphatic hydroxyl groups excluding tert-OH is 1. The summed E-state index contributed by atoms with van der Waals surface area (Å²) in [4.78, 5) is 8.10. The Morgan fingerprint density at radius 2 is 2.11 bits per heavy atom. The second-order valence-corrected chi connectivity index (χ2v) is 4.47. The molecule has 1 unspecified atom stereocenters. The van der Waals surface area contributed by atoms with E-state index >= 15 is 0 Å². The average molecular weight is 267 g/mol. The van der Waals surface area contributed by atoms with E-state index in [9.17, 15) is 9.50 Å². The minimum atomic E-state index is -0.881. The molecule has 0 aliphatic rings. The number of hydrogen-bond donors (Lipinski definition) is 1. The lowest BCUT2D eigenvalue weighted by molar-refractivity contribution is 0.172. The monoisotopic (exact) mass is 266 g/mol. The van der Waals surface area contributed by atoms with Gasteiger partial charge >= 0.3 is 0 Å². The fourth-order valence-electron chi connectivity index (χ4n) is 1.57. The van der Waals surface area contributed by atoms with Gasteiger partial charge in [0.15, 0.2) is 0 Å². The van der Waals surface area contributed by atoms with Crippen LogP contribution in [-0.2, 0) is 6.42 Å². The van der Waals surface area contributed by atoms with Crippen molar-refractivity contribution in [3.8, 4) is 0 Å². The van der Waals surface area contributed by atoms with Crippen molar-refractivity contribution < 1.29 is 9.50 Å². The van der Waals surface area contributed by atoms with E-state index in [1.165, 1.54) is 12.3 Å². The summed E-state index contributed by atoms with van der Waals surface area (Å²) in [5.41, 5.74) is 1.59. The van der Waals surface area contributed by atoms with E-state index in [2.05, 4.69) is 9.97 Å². The second-order valence-electron chi connectivity index (χ2n) is 4.04. The topological polar surface area (TPSA) is 46.0 Å². The fourth-order valence-corrected chi connectivity index (χ4v) is 1.73. The lowest BCUT2D eigenvalue weighted by Gasteiger charge is -2.10. The third kappa shape index (κ3) is 3.03. The SMILES string of the molecule is Cc1cnc(C(O)Cc2ccc(Cl)cc2F)cn1. The Hall–Kier alpha value is -1.52. The molecule has 0 fully saturated rings. The first-order chi connectivity index (χ1) is 8.56. The zero-order valence-corrected chi connectivity index (χ0v) is 10.5. The quantitative estimate of drug-likeness (QED) is 0.929. The van der Waals surface area contributed by atoms with Crippen molar-refractivity contribution in [3.05, 3.63) is 58.4 Å². The second kappa shape index (κ2) is 5.42. The smallest absolute Gasteiger partial charge is 0.127 e. The number of rotatable bonds is 3. The predicted octanol–water partition coefficient (Wildman–Crippen LogP) is 2.85. The van der Waals surface area contributed by atoms with E-state index in [-0.39, 0.29) is 6.42 Å². The van der Waals surface area contributed by atoms with Crippen molar-refractivity contribution in [2.45, 2.75) is 19.4 Å². The van der Waals surface area contributed by atoms with Crippen LogP contribution in [0, 0.1) is 12.7 Å². The standard InChI is InChI=1S/C13H12ClFN2O/c1-8-6-17-12(7-16-8)13(18)4-9-2-3-10(14)5-11(9)15/h2-3,5-7,13,18H,4H2,1H3. The molecule has 0 radical (unpaired) electrons. The summed E-state index contributed by atoms with van der Waals surface area (Å²) >= 11 is 5.66. The molecular weight excluding hydrogens is 255 g/mol. The highest BCUT2D eigenvalue weighted by Gasteiger charge is 2.13. The van der Waals surface area contributed by atoms with Gasteiger partial charge in [-0.25, -0.2) is 4.39 Å². The van der Waals surface area contributed by atoms with Crippen molar-refractivity contribution in [2.24, 2.45) is 0 Å². The minimum Gasteiger partial charge on any atom is -0.386 e. The van der Waals surface area contributed by atoms with E-state index in [4.69, 9.17) is 11.6 Å². The lowest BCUT2D eigenvalue weighted by Crippen LogP contribution is -2.06. The van der Waals surface area contributed by atoms with Crippen LogP contribution in [-0.4, -0.2) is 15.1 Å². The maximum absolute atomic E-state index is 13.6. The van der Waals surface area contributed by atoms with Crippen molar-refractivity contribution in [3.63, 3.8) is 0 Å². The predicted molar refractivity (Wildman–Crippen MR) is 66.8 cm³/mol. The summed E-state index contributed by atoms with van der Waals surface area (Å²) in [7, 11) is 0. The maximum Gasteiger partial charge on any atom is 0.127 e. The molecule has 1 aromatic heterocycles. The normalized spacial score (nSPS) is 12.4. The molecule has 18 heavy (non-hydrogen) atoms. The van der Waals surface area contributed by atoms with Gasteiger partial charge in [0.1, 0.15) is 11.9 Å². The van der Waals surface area contributed by atoms with Gasteiger partial charge in [-0.1, -0.05) is 17.7 Å². The molecule has 0 saturated carbocycles. The highest BCUT2D eigenvalue weighted by molar-refractivity contribution is 6.30. The Morgan fingerprint density at radius 1 is 1.33 bits per heavy atom. The van der Waals surface area contributed by atoms with Crippen molar-refractivity contribution in [1.82, 2.24) is 9.97 Å². The largest absolute Gasteiger partial charge is 0.386 e. The van der Waals surface area contributed by atoms with Crippen molar-refractivity contribution >= 4 is 11.6 Å². The van der Waals surface area contributed by atoms with Crippen LogP contribution < -0.4 is 0 Å². The summed E-state index contributed by atoms with van der Waals surface area (Å²) in [6.07, 6.45) is 2.32. The van der Waals surface area contributed by atoms with E-state index in [1.54, 1.807) is 18.3 Å². The van der Waals surface area contributed by atoms with Gasteiger partial charge in [0.2, 0.25) is 0 Å².